The zero-order chi connectivity index (χ0) is 11.6. The molecule has 1 aliphatic heterocycles. The van der Waals surface area contributed by atoms with Gasteiger partial charge in [-0.3, -0.25) is 0 Å². The normalized spacial score (nSPS) is 26.9. The summed E-state index contributed by atoms with van der Waals surface area (Å²) in [6, 6.07) is 7.92. The molecule has 2 atom stereocenters. The molecule has 88 valence electrons. The van der Waals surface area contributed by atoms with Crippen molar-refractivity contribution in [2.45, 2.75) is 37.8 Å². The van der Waals surface area contributed by atoms with Crippen LogP contribution >= 0.6 is 11.6 Å². The van der Waals surface area contributed by atoms with E-state index in [9.17, 15) is 0 Å². The molecule has 0 saturated carbocycles. The standard InChI is InChI=1S/C13H18ClNO/c1-13(7-2-8-16-13)12(15)9-10-3-5-11(14)6-4-10/h3-6,12H,2,7-9,15H2,1H3. The number of ether oxygens (including phenoxy) is 1. The molecule has 2 nitrogen and oxygen atoms in total. The van der Waals surface area contributed by atoms with E-state index in [1.807, 2.05) is 24.3 Å². The summed E-state index contributed by atoms with van der Waals surface area (Å²) in [6.07, 6.45) is 3.01. The molecule has 0 spiro atoms. The third-order valence-electron chi connectivity index (χ3n) is 3.40. The lowest BCUT2D eigenvalue weighted by atomic mass is 9.89. The van der Waals surface area contributed by atoms with Crippen molar-refractivity contribution in [3.05, 3.63) is 34.9 Å². The van der Waals surface area contributed by atoms with Gasteiger partial charge in [0.2, 0.25) is 0 Å². The zero-order valence-corrected chi connectivity index (χ0v) is 10.3. The van der Waals surface area contributed by atoms with Crippen LogP contribution in [-0.4, -0.2) is 18.2 Å². The summed E-state index contributed by atoms with van der Waals surface area (Å²) in [5.41, 5.74) is 7.29. The summed E-state index contributed by atoms with van der Waals surface area (Å²) in [7, 11) is 0. The Kier molecular flexibility index (Phi) is 3.53. The largest absolute Gasteiger partial charge is 0.374 e. The van der Waals surface area contributed by atoms with E-state index in [2.05, 4.69) is 6.92 Å². The summed E-state index contributed by atoms with van der Waals surface area (Å²) in [5, 5.41) is 0.764. The first-order valence-electron chi connectivity index (χ1n) is 5.74. The minimum atomic E-state index is -0.153. The highest BCUT2D eigenvalue weighted by molar-refractivity contribution is 6.30. The van der Waals surface area contributed by atoms with Crippen LogP contribution in [0.4, 0.5) is 0 Å². The Hall–Kier alpha value is -0.570. The van der Waals surface area contributed by atoms with Crippen molar-refractivity contribution in [2.24, 2.45) is 5.73 Å². The van der Waals surface area contributed by atoms with Crippen LogP contribution < -0.4 is 5.73 Å². The molecule has 1 aromatic carbocycles. The van der Waals surface area contributed by atoms with Crippen LogP contribution in [0, 0.1) is 0 Å². The first-order chi connectivity index (χ1) is 7.60. The molecule has 0 radical (unpaired) electrons. The molecule has 3 heteroatoms. The summed E-state index contributed by atoms with van der Waals surface area (Å²) >= 11 is 5.85. The van der Waals surface area contributed by atoms with E-state index >= 15 is 0 Å². The molecule has 1 heterocycles. The lowest BCUT2D eigenvalue weighted by molar-refractivity contribution is -0.000903. The highest BCUT2D eigenvalue weighted by Crippen LogP contribution is 2.29. The Morgan fingerprint density at radius 3 is 2.69 bits per heavy atom. The third kappa shape index (κ3) is 2.57. The Balaban J connectivity index is 2.01. The summed E-state index contributed by atoms with van der Waals surface area (Å²) in [5.74, 6) is 0. The zero-order valence-electron chi connectivity index (χ0n) is 9.58. The van der Waals surface area contributed by atoms with Gasteiger partial charge in [-0.15, -0.1) is 0 Å². The van der Waals surface area contributed by atoms with Gasteiger partial charge in [0.1, 0.15) is 0 Å². The Morgan fingerprint density at radius 1 is 1.44 bits per heavy atom. The van der Waals surface area contributed by atoms with E-state index in [-0.39, 0.29) is 11.6 Å². The molecule has 16 heavy (non-hydrogen) atoms. The average Bonchev–Trinajstić information content (AvgIpc) is 2.70. The maximum atomic E-state index is 6.23. The second kappa shape index (κ2) is 4.74. The maximum absolute atomic E-state index is 6.23. The number of hydrogen-bond donors (Lipinski definition) is 1. The molecule has 1 fully saturated rings. The predicted molar refractivity (Wildman–Crippen MR) is 66.7 cm³/mol. The highest BCUT2D eigenvalue weighted by Gasteiger charge is 2.35. The molecular formula is C13H18ClNO. The lowest BCUT2D eigenvalue weighted by Crippen LogP contribution is -2.46. The SMILES string of the molecule is CC1(C(N)Cc2ccc(Cl)cc2)CCCO1. The van der Waals surface area contributed by atoms with Gasteiger partial charge in [-0.2, -0.15) is 0 Å². The number of benzene rings is 1. The van der Waals surface area contributed by atoms with Gasteiger partial charge in [-0.1, -0.05) is 23.7 Å². The monoisotopic (exact) mass is 239 g/mol. The number of hydrogen-bond acceptors (Lipinski definition) is 2. The van der Waals surface area contributed by atoms with Crippen molar-refractivity contribution in [3.8, 4) is 0 Å². The maximum Gasteiger partial charge on any atom is 0.0808 e. The minimum absolute atomic E-state index is 0.0520. The van der Waals surface area contributed by atoms with Gasteiger partial charge in [0.25, 0.3) is 0 Å². The van der Waals surface area contributed by atoms with Crippen LogP contribution in [0.15, 0.2) is 24.3 Å². The Bertz CT molecular complexity index is 343. The Morgan fingerprint density at radius 2 is 2.12 bits per heavy atom. The fraction of sp³-hybridized carbons (Fsp3) is 0.538. The third-order valence-corrected chi connectivity index (χ3v) is 3.65. The van der Waals surface area contributed by atoms with Crippen LogP contribution in [0.3, 0.4) is 0 Å². The van der Waals surface area contributed by atoms with Crippen molar-refractivity contribution in [3.63, 3.8) is 0 Å². The van der Waals surface area contributed by atoms with Crippen LogP contribution in [0.25, 0.3) is 0 Å². The summed E-state index contributed by atoms with van der Waals surface area (Å²) in [6.45, 7) is 2.95. The van der Waals surface area contributed by atoms with Crippen molar-refractivity contribution >= 4 is 11.6 Å². The van der Waals surface area contributed by atoms with Crippen molar-refractivity contribution < 1.29 is 4.74 Å². The van der Waals surface area contributed by atoms with Gasteiger partial charge in [0, 0.05) is 17.7 Å². The van der Waals surface area contributed by atoms with E-state index in [1.54, 1.807) is 0 Å². The molecule has 1 aliphatic rings. The molecule has 2 rings (SSSR count). The van der Waals surface area contributed by atoms with Crippen LogP contribution in [0.1, 0.15) is 25.3 Å². The second-order valence-electron chi connectivity index (χ2n) is 4.70. The smallest absolute Gasteiger partial charge is 0.0808 e. The molecule has 2 unspecified atom stereocenters. The van der Waals surface area contributed by atoms with Crippen LogP contribution in [0.5, 0.6) is 0 Å². The van der Waals surface area contributed by atoms with E-state index in [1.165, 1.54) is 5.56 Å². The quantitative estimate of drug-likeness (QED) is 0.881. The minimum Gasteiger partial charge on any atom is -0.374 e. The van der Waals surface area contributed by atoms with Crippen molar-refractivity contribution in [1.29, 1.82) is 0 Å². The van der Waals surface area contributed by atoms with Gasteiger partial charge >= 0.3 is 0 Å². The van der Waals surface area contributed by atoms with E-state index < -0.39 is 0 Å². The number of rotatable bonds is 3. The Labute approximate surface area is 102 Å². The van der Waals surface area contributed by atoms with Gasteiger partial charge in [0.15, 0.2) is 0 Å². The van der Waals surface area contributed by atoms with Gasteiger partial charge in [-0.25, -0.2) is 0 Å². The average molecular weight is 240 g/mol. The molecule has 2 N–H and O–H groups in total. The number of nitrogens with two attached hydrogens (primary N) is 1. The molecule has 1 aromatic rings. The molecule has 0 aromatic heterocycles. The first-order valence-corrected chi connectivity index (χ1v) is 6.12. The lowest BCUT2D eigenvalue weighted by Gasteiger charge is -2.30. The summed E-state index contributed by atoms with van der Waals surface area (Å²) in [4.78, 5) is 0. The first kappa shape index (κ1) is 11.9. The fourth-order valence-electron chi connectivity index (χ4n) is 2.18. The predicted octanol–water partition coefficient (Wildman–Crippen LogP) is 2.78. The van der Waals surface area contributed by atoms with Crippen molar-refractivity contribution in [1.82, 2.24) is 0 Å². The van der Waals surface area contributed by atoms with Gasteiger partial charge in [0.05, 0.1) is 5.60 Å². The van der Waals surface area contributed by atoms with Crippen LogP contribution in [0.2, 0.25) is 5.02 Å². The van der Waals surface area contributed by atoms with Crippen LogP contribution in [-0.2, 0) is 11.2 Å². The van der Waals surface area contributed by atoms with E-state index in [0.29, 0.717) is 0 Å². The molecule has 0 aliphatic carbocycles. The van der Waals surface area contributed by atoms with Crippen molar-refractivity contribution in [2.75, 3.05) is 6.61 Å². The van der Waals surface area contributed by atoms with Gasteiger partial charge < -0.3 is 10.5 Å². The fourth-order valence-corrected chi connectivity index (χ4v) is 2.31. The number of halogens is 1. The molecular weight excluding hydrogens is 222 g/mol. The molecule has 0 amide bonds. The van der Waals surface area contributed by atoms with E-state index in [4.69, 9.17) is 22.1 Å². The highest BCUT2D eigenvalue weighted by atomic mass is 35.5. The molecule has 0 bridgehead atoms. The molecule has 1 saturated heterocycles. The second-order valence-corrected chi connectivity index (χ2v) is 5.14. The summed E-state index contributed by atoms with van der Waals surface area (Å²) < 4.78 is 5.75. The van der Waals surface area contributed by atoms with E-state index in [0.717, 1.165) is 30.9 Å². The van der Waals surface area contributed by atoms with Gasteiger partial charge in [-0.05, 0) is 43.9 Å². The topological polar surface area (TPSA) is 35.2 Å².